The van der Waals surface area contributed by atoms with Crippen LogP contribution < -0.4 is 0 Å². The van der Waals surface area contributed by atoms with Gasteiger partial charge in [0.15, 0.2) is 0 Å². The van der Waals surface area contributed by atoms with Gasteiger partial charge in [-0.1, -0.05) is 56.5 Å². The predicted molar refractivity (Wildman–Crippen MR) is 149 cm³/mol. The lowest BCUT2D eigenvalue weighted by molar-refractivity contribution is -0.133. The number of fused-ring (bicyclic) bond motifs is 2. The maximum atomic E-state index is 13.8. The molecule has 2 atom stereocenters. The van der Waals surface area contributed by atoms with E-state index < -0.39 is 27.9 Å². The molecule has 2 aromatic rings. The van der Waals surface area contributed by atoms with Crippen LogP contribution in [0.25, 0.3) is 10.8 Å². The molecule has 5 rings (SSSR count). The fourth-order valence-corrected chi connectivity index (χ4v) is 7.84. The third kappa shape index (κ3) is 5.25. The molecule has 0 N–H and O–H groups in total. The van der Waals surface area contributed by atoms with Gasteiger partial charge in [0.25, 0.3) is 10.0 Å². The molecule has 3 aliphatic rings. The van der Waals surface area contributed by atoms with Gasteiger partial charge in [0.1, 0.15) is 0 Å². The molecule has 2 fully saturated rings. The lowest BCUT2D eigenvalue weighted by Crippen LogP contribution is -2.41. The largest absolute Gasteiger partial charge is 0.330 e. The molecule has 7 nitrogen and oxygen atoms in total. The predicted octanol–water partition coefficient (Wildman–Crippen LogP) is 4.93. The van der Waals surface area contributed by atoms with Crippen LogP contribution in [0, 0.1) is 5.92 Å². The fourth-order valence-electron chi connectivity index (χ4n) is 6.28. The number of piperidine rings is 1. The highest BCUT2D eigenvalue weighted by molar-refractivity contribution is 7.89. The molecule has 0 aromatic heterocycles. The standard InChI is InChI=1S/C30H39N3O4S/c1-2-11-26-29-27(17-21-32(29)28(34)14-5-3-8-18-31-19-9-4-10-20-31)33(30(26)35)38(36,37)25-16-15-23-12-6-7-13-24(23)22-25/h6-7,12-13,15-17,22,26,29H,2-5,8-11,14,18-21H2,1H3/t26-,29-/m1/s1. The first-order chi connectivity index (χ1) is 18.4. The summed E-state index contributed by atoms with van der Waals surface area (Å²) in [7, 11) is -4.10. The number of sulfonamides is 1. The first kappa shape index (κ1) is 26.9. The molecule has 38 heavy (non-hydrogen) atoms. The van der Waals surface area contributed by atoms with Gasteiger partial charge in [-0.2, -0.15) is 0 Å². The van der Waals surface area contributed by atoms with E-state index in [1.165, 1.54) is 32.4 Å². The number of rotatable bonds is 10. The van der Waals surface area contributed by atoms with Crippen LogP contribution in [0.5, 0.6) is 0 Å². The molecule has 3 heterocycles. The molecule has 2 aromatic carbocycles. The average molecular weight is 538 g/mol. The molecule has 0 unspecified atom stereocenters. The second-order valence-corrected chi connectivity index (χ2v) is 12.6. The van der Waals surface area contributed by atoms with Crippen molar-refractivity contribution in [2.24, 2.45) is 5.92 Å². The number of amides is 2. The summed E-state index contributed by atoms with van der Waals surface area (Å²) in [6, 6.07) is 12.0. The minimum absolute atomic E-state index is 0.0121. The van der Waals surface area contributed by atoms with E-state index in [0.29, 0.717) is 25.1 Å². The van der Waals surface area contributed by atoms with Gasteiger partial charge in [0.05, 0.1) is 22.6 Å². The normalized spacial score (nSPS) is 22.2. The summed E-state index contributed by atoms with van der Waals surface area (Å²) in [5.74, 6) is -0.944. The van der Waals surface area contributed by atoms with Gasteiger partial charge in [-0.15, -0.1) is 0 Å². The topological polar surface area (TPSA) is 78.0 Å². The molecule has 0 aliphatic carbocycles. The van der Waals surface area contributed by atoms with Crippen LogP contribution in [0.2, 0.25) is 0 Å². The summed E-state index contributed by atoms with van der Waals surface area (Å²) >= 11 is 0. The van der Waals surface area contributed by atoms with Crippen LogP contribution in [0.4, 0.5) is 0 Å². The van der Waals surface area contributed by atoms with Crippen molar-refractivity contribution in [3.8, 4) is 0 Å². The number of likely N-dealkylation sites (tertiary alicyclic amines) is 1. The minimum atomic E-state index is -4.10. The molecular weight excluding hydrogens is 498 g/mol. The minimum Gasteiger partial charge on any atom is -0.330 e. The summed E-state index contributed by atoms with van der Waals surface area (Å²) in [5, 5.41) is 1.74. The Bertz CT molecular complexity index is 1320. The van der Waals surface area contributed by atoms with Gasteiger partial charge >= 0.3 is 0 Å². The average Bonchev–Trinajstić information content (AvgIpc) is 3.47. The Morgan fingerprint density at radius 2 is 1.74 bits per heavy atom. The van der Waals surface area contributed by atoms with E-state index in [4.69, 9.17) is 0 Å². The van der Waals surface area contributed by atoms with Gasteiger partial charge in [-0.3, -0.25) is 9.59 Å². The highest BCUT2D eigenvalue weighted by Crippen LogP contribution is 2.42. The molecule has 0 bridgehead atoms. The first-order valence-electron chi connectivity index (χ1n) is 14.2. The zero-order chi connectivity index (χ0) is 26.7. The second-order valence-electron chi connectivity index (χ2n) is 10.8. The van der Waals surface area contributed by atoms with Gasteiger partial charge < -0.3 is 9.80 Å². The van der Waals surface area contributed by atoms with E-state index in [0.717, 1.165) is 47.3 Å². The van der Waals surface area contributed by atoms with Gasteiger partial charge in [0.2, 0.25) is 11.8 Å². The Morgan fingerprint density at radius 3 is 2.50 bits per heavy atom. The maximum Gasteiger partial charge on any atom is 0.270 e. The van der Waals surface area contributed by atoms with Crippen molar-refractivity contribution in [2.75, 3.05) is 26.2 Å². The van der Waals surface area contributed by atoms with Crippen molar-refractivity contribution in [1.82, 2.24) is 14.1 Å². The Hall–Kier alpha value is -2.71. The van der Waals surface area contributed by atoms with Crippen LogP contribution in [0.15, 0.2) is 59.1 Å². The number of carbonyl (C=O) groups is 2. The molecule has 0 spiro atoms. The third-order valence-electron chi connectivity index (χ3n) is 8.26. The van der Waals surface area contributed by atoms with E-state index in [9.17, 15) is 18.0 Å². The van der Waals surface area contributed by atoms with Crippen molar-refractivity contribution in [3.05, 3.63) is 54.2 Å². The molecule has 3 aliphatic heterocycles. The summed E-state index contributed by atoms with van der Waals surface area (Å²) in [4.78, 5) is 31.2. The zero-order valence-electron chi connectivity index (χ0n) is 22.3. The molecule has 2 saturated heterocycles. The Balaban J connectivity index is 1.27. The van der Waals surface area contributed by atoms with Gasteiger partial charge in [-0.25, -0.2) is 12.7 Å². The van der Waals surface area contributed by atoms with Crippen molar-refractivity contribution >= 4 is 32.6 Å². The summed E-state index contributed by atoms with van der Waals surface area (Å²) < 4.78 is 28.6. The monoisotopic (exact) mass is 537 g/mol. The second kappa shape index (κ2) is 11.6. The highest BCUT2D eigenvalue weighted by atomic mass is 32.2. The number of carbonyl (C=O) groups excluding carboxylic acids is 2. The SMILES string of the molecule is CCC[C@H]1C(=O)N(S(=O)(=O)c2ccc3ccccc3c2)C2=CCN(C(=O)CCCCCN3CCCCC3)[C@@H]21. The van der Waals surface area contributed by atoms with Crippen molar-refractivity contribution < 1.29 is 18.0 Å². The molecule has 0 saturated carbocycles. The molecular formula is C30H39N3O4S. The Labute approximate surface area is 226 Å². The van der Waals surface area contributed by atoms with Crippen molar-refractivity contribution in [2.45, 2.75) is 75.6 Å². The molecule has 8 heteroatoms. The summed E-state index contributed by atoms with van der Waals surface area (Å²) in [6.07, 6.45) is 10.3. The Morgan fingerprint density at radius 1 is 0.974 bits per heavy atom. The summed E-state index contributed by atoms with van der Waals surface area (Å²) in [5.41, 5.74) is 0.444. The first-order valence-corrected chi connectivity index (χ1v) is 15.7. The molecule has 2 amide bonds. The van der Waals surface area contributed by atoms with E-state index in [1.807, 2.05) is 31.2 Å². The van der Waals surface area contributed by atoms with E-state index in [1.54, 1.807) is 29.2 Å². The quantitative estimate of drug-likeness (QED) is 0.402. The Kier molecular flexibility index (Phi) is 8.19. The lowest BCUT2D eigenvalue weighted by atomic mass is 9.96. The van der Waals surface area contributed by atoms with Gasteiger partial charge in [-0.05, 0) is 80.7 Å². The highest BCUT2D eigenvalue weighted by Gasteiger charge is 2.54. The van der Waals surface area contributed by atoms with Gasteiger partial charge in [0, 0.05) is 13.0 Å². The van der Waals surface area contributed by atoms with Crippen LogP contribution in [-0.2, 0) is 19.6 Å². The smallest absolute Gasteiger partial charge is 0.270 e. The number of unbranched alkanes of at least 4 members (excludes halogenated alkanes) is 2. The number of hydrogen-bond donors (Lipinski definition) is 0. The fraction of sp³-hybridized carbons (Fsp3) is 0.533. The van der Waals surface area contributed by atoms with Crippen LogP contribution in [0.3, 0.4) is 0 Å². The molecule has 204 valence electrons. The third-order valence-corrected chi connectivity index (χ3v) is 9.98. The van der Waals surface area contributed by atoms with E-state index in [2.05, 4.69) is 4.90 Å². The number of nitrogens with zero attached hydrogens (tertiary/aromatic N) is 3. The van der Waals surface area contributed by atoms with Crippen molar-refractivity contribution in [3.63, 3.8) is 0 Å². The van der Waals surface area contributed by atoms with Crippen LogP contribution in [0.1, 0.15) is 64.7 Å². The lowest BCUT2D eigenvalue weighted by Gasteiger charge is -2.27. The van der Waals surface area contributed by atoms with E-state index in [-0.39, 0.29) is 10.8 Å². The van der Waals surface area contributed by atoms with Crippen LogP contribution in [-0.4, -0.2) is 66.6 Å². The number of benzene rings is 2. The summed E-state index contributed by atoms with van der Waals surface area (Å²) in [6.45, 7) is 5.81. The van der Waals surface area contributed by atoms with Crippen molar-refractivity contribution in [1.29, 1.82) is 0 Å². The van der Waals surface area contributed by atoms with Crippen LogP contribution >= 0.6 is 0 Å². The number of hydrogen-bond acceptors (Lipinski definition) is 5. The molecule has 0 radical (unpaired) electrons. The van der Waals surface area contributed by atoms with E-state index >= 15 is 0 Å². The zero-order valence-corrected chi connectivity index (χ0v) is 23.2. The maximum absolute atomic E-state index is 13.8.